The molecule has 96 valence electrons. The van der Waals surface area contributed by atoms with Gasteiger partial charge in [-0.2, -0.15) is 9.37 Å². The lowest BCUT2D eigenvalue weighted by Gasteiger charge is -2.04. The molecule has 0 saturated carbocycles. The standard InChI is InChI=1S/C13H11FN4O/c1-7-5-8(6-16-11(7)15-2)12-17-9-3-4-10(14)18-13(9)19-12/h3-6H,1-2H3,(H,15,16). The number of rotatable bonds is 2. The summed E-state index contributed by atoms with van der Waals surface area (Å²) < 4.78 is 18.4. The van der Waals surface area contributed by atoms with Crippen LogP contribution in [0.5, 0.6) is 0 Å². The molecule has 6 heteroatoms. The van der Waals surface area contributed by atoms with E-state index in [2.05, 4.69) is 20.3 Å². The Kier molecular flexibility index (Phi) is 2.63. The minimum atomic E-state index is -0.588. The van der Waals surface area contributed by atoms with E-state index >= 15 is 0 Å². The van der Waals surface area contributed by atoms with E-state index in [1.165, 1.54) is 12.1 Å². The second-order valence-electron chi connectivity index (χ2n) is 4.12. The minimum Gasteiger partial charge on any atom is -0.418 e. The van der Waals surface area contributed by atoms with Crippen LogP contribution in [-0.2, 0) is 0 Å². The van der Waals surface area contributed by atoms with E-state index in [9.17, 15) is 4.39 Å². The highest BCUT2D eigenvalue weighted by atomic mass is 19.1. The van der Waals surface area contributed by atoms with Crippen molar-refractivity contribution in [1.29, 1.82) is 0 Å². The summed E-state index contributed by atoms with van der Waals surface area (Å²) in [5, 5.41) is 2.98. The van der Waals surface area contributed by atoms with Crippen LogP contribution in [0.1, 0.15) is 5.56 Å². The highest BCUT2D eigenvalue weighted by Gasteiger charge is 2.11. The van der Waals surface area contributed by atoms with Gasteiger partial charge in [-0.3, -0.25) is 0 Å². The Hall–Kier alpha value is -2.50. The van der Waals surface area contributed by atoms with E-state index in [-0.39, 0.29) is 5.71 Å². The molecule has 0 fully saturated rings. The zero-order valence-electron chi connectivity index (χ0n) is 10.4. The van der Waals surface area contributed by atoms with Gasteiger partial charge in [-0.15, -0.1) is 0 Å². The topological polar surface area (TPSA) is 63.8 Å². The molecule has 0 saturated heterocycles. The zero-order chi connectivity index (χ0) is 13.4. The second kappa shape index (κ2) is 4.31. The van der Waals surface area contributed by atoms with Gasteiger partial charge < -0.3 is 9.73 Å². The SMILES string of the molecule is CNc1ncc(-c2nc3ccc(F)nc3o2)cc1C. The summed E-state index contributed by atoms with van der Waals surface area (Å²) in [5.74, 6) is 0.588. The lowest BCUT2D eigenvalue weighted by molar-refractivity contribution is 0.559. The number of hydrogen-bond donors (Lipinski definition) is 1. The van der Waals surface area contributed by atoms with Gasteiger partial charge in [0.25, 0.3) is 0 Å². The van der Waals surface area contributed by atoms with E-state index < -0.39 is 5.95 Å². The molecule has 0 aromatic carbocycles. The first-order valence-corrected chi connectivity index (χ1v) is 5.75. The Morgan fingerprint density at radius 3 is 2.84 bits per heavy atom. The second-order valence-corrected chi connectivity index (χ2v) is 4.12. The Labute approximate surface area is 108 Å². The largest absolute Gasteiger partial charge is 0.418 e. The molecular formula is C13H11FN4O. The van der Waals surface area contributed by atoms with Crippen LogP contribution in [-0.4, -0.2) is 22.0 Å². The lowest BCUT2D eigenvalue weighted by atomic mass is 10.2. The summed E-state index contributed by atoms with van der Waals surface area (Å²) >= 11 is 0. The Morgan fingerprint density at radius 2 is 2.11 bits per heavy atom. The average Bonchev–Trinajstić information content (AvgIpc) is 2.81. The van der Waals surface area contributed by atoms with Crippen LogP contribution in [0, 0.1) is 12.9 Å². The number of aryl methyl sites for hydroxylation is 1. The molecule has 5 nitrogen and oxygen atoms in total. The molecule has 0 radical (unpaired) electrons. The monoisotopic (exact) mass is 258 g/mol. The highest BCUT2D eigenvalue weighted by Crippen LogP contribution is 2.25. The van der Waals surface area contributed by atoms with E-state index in [4.69, 9.17) is 4.42 Å². The summed E-state index contributed by atoms with van der Waals surface area (Å²) in [6.07, 6.45) is 1.65. The van der Waals surface area contributed by atoms with E-state index in [0.29, 0.717) is 11.4 Å². The molecule has 3 aromatic heterocycles. The maximum Gasteiger partial charge on any atom is 0.250 e. The van der Waals surface area contributed by atoms with Gasteiger partial charge >= 0.3 is 0 Å². The van der Waals surface area contributed by atoms with Crippen LogP contribution in [0.3, 0.4) is 0 Å². The fourth-order valence-electron chi connectivity index (χ4n) is 1.87. The molecule has 0 spiro atoms. The fourth-order valence-corrected chi connectivity index (χ4v) is 1.87. The van der Waals surface area contributed by atoms with Crippen LogP contribution >= 0.6 is 0 Å². The number of hydrogen-bond acceptors (Lipinski definition) is 5. The van der Waals surface area contributed by atoms with Crippen molar-refractivity contribution in [2.75, 3.05) is 12.4 Å². The summed E-state index contributed by atoms with van der Waals surface area (Å²) in [6, 6.07) is 4.69. The summed E-state index contributed by atoms with van der Waals surface area (Å²) in [4.78, 5) is 12.2. The van der Waals surface area contributed by atoms with Crippen LogP contribution < -0.4 is 5.32 Å². The molecule has 3 heterocycles. The van der Waals surface area contributed by atoms with Crippen molar-refractivity contribution in [3.63, 3.8) is 0 Å². The number of anilines is 1. The van der Waals surface area contributed by atoms with E-state index in [1.807, 2.05) is 13.0 Å². The first kappa shape index (κ1) is 11.6. The van der Waals surface area contributed by atoms with Crippen LogP contribution in [0.4, 0.5) is 10.2 Å². The lowest BCUT2D eigenvalue weighted by Crippen LogP contribution is -1.95. The van der Waals surface area contributed by atoms with Crippen molar-refractivity contribution in [3.05, 3.63) is 35.9 Å². The molecule has 0 unspecified atom stereocenters. The summed E-state index contributed by atoms with van der Waals surface area (Å²) in [7, 11) is 1.81. The van der Waals surface area contributed by atoms with Crippen LogP contribution in [0.15, 0.2) is 28.8 Å². The Morgan fingerprint density at radius 1 is 1.26 bits per heavy atom. The molecule has 0 atom stereocenters. The first-order valence-electron chi connectivity index (χ1n) is 5.75. The molecule has 0 bridgehead atoms. The Balaban J connectivity index is 2.11. The number of halogens is 1. The first-order chi connectivity index (χ1) is 9.17. The van der Waals surface area contributed by atoms with Crippen LogP contribution in [0.25, 0.3) is 22.7 Å². The third kappa shape index (κ3) is 2.01. The number of nitrogens with one attached hydrogen (secondary N) is 1. The smallest absolute Gasteiger partial charge is 0.250 e. The van der Waals surface area contributed by atoms with E-state index in [1.54, 1.807) is 13.2 Å². The number of oxazole rings is 1. The maximum atomic E-state index is 13.0. The number of nitrogens with zero attached hydrogens (tertiary/aromatic N) is 3. The van der Waals surface area contributed by atoms with Gasteiger partial charge in [-0.1, -0.05) is 0 Å². The fraction of sp³-hybridized carbons (Fsp3) is 0.154. The van der Waals surface area contributed by atoms with Gasteiger partial charge in [-0.25, -0.2) is 9.97 Å². The number of pyridine rings is 2. The molecule has 0 aliphatic carbocycles. The molecule has 0 aliphatic rings. The minimum absolute atomic E-state index is 0.186. The van der Waals surface area contributed by atoms with Crippen molar-refractivity contribution in [2.24, 2.45) is 0 Å². The quantitative estimate of drug-likeness (QED) is 0.716. The van der Waals surface area contributed by atoms with Gasteiger partial charge in [0.1, 0.15) is 11.3 Å². The van der Waals surface area contributed by atoms with Gasteiger partial charge in [0, 0.05) is 13.2 Å². The van der Waals surface area contributed by atoms with Crippen molar-refractivity contribution in [1.82, 2.24) is 15.0 Å². The van der Waals surface area contributed by atoms with Crippen molar-refractivity contribution >= 4 is 17.0 Å². The van der Waals surface area contributed by atoms with Crippen molar-refractivity contribution in [2.45, 2.75) is 6.92 Å². The van der Waals surface area contributed by atoms with Crippen molar-refractivity contribution in [3.8, 4) is 11.5 Å². The van der Waals surface area contributed by atoms with E-state index in [0.717, 1.165) is 16.9 Å². The molecule has 3 aromatic rings. The third-order valence-corrected chi connectivity index (χ3v) is 2.78. The molecular weight excluding hydrogens is 247 g/mol. The molecule has 1 N–H and O–H groups in total. The average molecular weight is 258 g/mol. The predicted molar refractivity (Wildman–Crippen MR) is 69.3 cm³/mol. The maximum absolute atomic E-state index is 13.0. The van der Waals surface area contributed by atoms with Crippen LogP contribution in [0.2, 0.25) is 0 Å². The molecule has 19 heavy (non-hydrogen) atoms. The molecule has 3 rings (SSSR count). The zero-order valence-corrected chi connectivity index (χ0v) is 10.4. The number of fused-ring (bicyclic) bond motifs is 1. The Bertz CT molecular complexity index is 753. The van der Waals surface area contributed by atoms with Gasteiger partial charge in [-0.05, 0) is 30.7 Å². The van der Waals surface area contributed by atoms with Crippen molar-refractivity contribution < 1.29 is 8.81 Å². The highest BCUT2D eigenvalue weighted by molar-refractivity contribution is 5.72. The normalized spacial score (nSPS) is 10.9. The molecule has 0 amide bonds. The molecule has 0 aliphatic heterocycles. The summed E-state index contributed by atoms with van der Waals surface area (Å²) in [6.45, 7) is 1.93. The number of aromatic nitrogens is 3. The van der Waals surface area contributed by atoms with Gasteiger partial charge in [0.15, 0.2) is 0 Å². The predicted octanol–water partition coefficient (Wildman–Crippen LogP) is 2.77. The van der Waals surface area contributed by atoms with Gasteiger partial charge in [0.2, 0.25) is 17.6 Å². The third-order valence-electron chi connectivity index (χ3n) is 2.78. The van der Waals surface area contributed by atoms with Gasteiger partial charge in [0.05, 0.1) is 5.56 Å². The summed E-state index contributed by atoms with van der Waals surface area (Å²) in [5.41, 5.74) is 2.41.